The summed E-state index contributed by atoms with van der Waals surface area (Å²) in [6.45, 7) is 17.4. The number of nitrogens with one attached hydrogen (secondary N) is 1. The fourth-order valence-corrected chi connectivity index (χ4v) is 13.7. The molecule has 5 saturated carbocycles. The SMILES string of the molecule is CNC1CC[C@]2(C)[C@H]3CC[C@@H]4[C@@]5(C)CC[C@H](C(C)C(O)C(O)C(O)C(O)C(O)CN)[C@@H]5CC[C@@]4(C)[C@]3(C)CC[C@H]2C1(C)C. The molecule has 7 heteroatoms. The Morgan fingerprint density at radius 1 is 0.651 bits per heavy atom. The van der Waals surface area contributed by atoms with Crippen LogP contribution < -0.4 is 11.1 Å². The average Bonchev–Trinajstić information content (AvgIpc) is 3.31. The quantitative estimate of drug-likeness (QED) is 0.221. The van der Waals surface area contributed by atoms with Gasteiger partial charge >= 0.3 is 0 Å². The van der Waals surface area contributed by atoms with Crippen LogP contribution in [-0.4, -0.2) is 75.7 Å². The molecule has 5 fully saturated rings. The monoisotopic (exact) mass is 606 g/mol. The van der Waals surface area contributed by atoms with Gasteiger partial charge in [-0.3, -0.25) is 0 Å². The van der Waals surface area contributed by atoms with E-state index in [1.807, 2.05) is 6.92 Å². The first-order chi connectivity index (χ1) is 20.0. The normalized spacial score (nSPS) is 49.8. The Bertz CT molecular complexity index is 1010. The lowest BCUT2D eigenvalue weighted by Crippen LogP contribution is -2.67. The van der Waals surface area contributed by atoms with E-state index in [2.05, 4.69) is 53.9 Å². The van der Waals surface area contributed by atoms with Crippen molar-refractivity contribution in [3.8, 4) is 0 Å². The van der Waals surface area contributed by atoms with Crippen molar-refractivity contribution in [3.63, 3.8) is 0 Å². The Labute approximate surface area is 261 Å². The highest BCUT2D eigenvalue weighted by Gasteiger charge is 2.71. The van der Waals surface area contributed by atoms with Crippen LogP contribution in [0.25, 0.3) is 0 Å². The standard InChI is InChI=1S/C36H66N2O5/c1-20(28(40)30(42)31(43)29(41)23(39)19-37)21-11-15-33(4)22(21)12-17-35(6)25(33)9-10-26-34(5)16-14-27(38-8)32(2,3)24(34)13-18-36(26,35)7/h20-31,38-43H,9-19,37H2,1-8H3/t20?,21-,22+,23?,24+,25-,26-,27?,28?,29?,30?,31?,33+,34+,35-,36-/m1/s1. The first-order valence-corrected chi connectivity index (χ1v) is 17.7. The van der Waals surface area contributed by atoms with E-state index in [0.29, 0.717) is 34.1 Å². The van der Waals surface area contributed by atoms with Crippen molar-refractivity contribution in [1.82, 2.24) is 5.32 Å². The smallest absolute Gasteiger partial charge is 0.111 e. The lowest BCUT2D eigenvalue weighted by molar-refractivity contribution is -0.244. The Morgan fingerprint density at radius 2 is 1.19 bits per heavy atom. The minimum absolute atomic E-state index is 0.194. The largest absolute Gasteiger partial charge is 0.390 e. The van der Waals surface area contributed by atoms with Crippen LogP contribution in [0.3, 0.4) is 0 Å². The van der Waals surface area contributed by atoms with Gasteiger partial charge in [-0.25, -0.2) is 0 Å². The van der Waals surface area contributed by atoms with Crippen LogP contribution in [0.4, 0.5) is 0 Å². The minimum Gasteiger partial charge on any atom is -0.390 e. The molecule has 0 bridgehead atoms. The van der Waals surface area contributed by atoms with E-state index in [9.17, 15) is 25.5 Å². The Balaban J connectivity index is 1.36. The summed E-state index contributed by atoms with van der Waals surface area (Å²) in [7, 11) is 2.15. The fraction of sp³-hybridized carbons (Fsp3) is 1.00. The van der Waals surface area contributed by atoms with Gasteiger partial charge in [0.25, 0.3) is 0 Å². The zero-order valence-corrected chi connectivity index (χ0v) is 28.5. The van der Waals surface area contributed by atoms with E-state index in [-0.39, 0.29) is 29.2 Å². The third-order valence-corrected chi connectivity index (χ3v) is 16.3. The summed E-state index contributed by atoms with van der Waals surface area (Å²) in [5.41, 5.74) is 6.93. The van der Waals surface area contributed by atoms with Gasteiger partial charge < -0.3 is 36.6 Å². The third kappa shape index (κ3) is 4.75. The molecule has 7 unspecified atom stereocenters. The van der Waals surface area contributed by atoms with E-state index in [1.165, 1.54) is 44.9 Å². The maximum atomic E-state index is 11.3. The number of hydrogen-bond acceptors (Lipinski definition) is 7. The molecule has 5 aliphatic rings. The van der Waals surface area contributed by atoms with Crippen molar-refractivity contribution in [2.24, 2.45) is 68.3 Å². The maximum Gasteiger partial charge on any atom is 0.111 e. The topological polar surface area (TPSA) is 139 Å². The molecule has 0 aromatic carbocycles. The van der Waals surface area contributed by atoms with Crippen LogP contribution in [-0.2, 0) is 0 Å². The molecule has 16 atom stereocenters. The zero-order valence-electron chi connectivity index (χ0n) is 28.5. The van der Waals surface area contributed by atoms with Crippen molar-refractivity contribution >= 4 is 0 Å². The second kappa shape index (κ2) is 11.5. The highest BCUT2D eigenvalue weighted by molar-refractivity contribution is 5.20. The van der Waals surface area contributed by atoms with Crippen LogP contribution in [0.1, 0.15) is 113 Å². The zero-order chi connectivity index (χ0) is 31.9. The van der Waals surface area contributed by atoms with Crippen molar-refractivity contribution in [3.05, 3.63) is 0 Å². The Morgan fingerprint density at radius 3 is 1.77 bits per heavy atom. The van der Waals surface area contributed by atoms with Gasteiger partial charge in [-0.1, -0.05) is 48.5 Å². The molecule has 0 spiro atoms. The molecule has 7 nitrogen and oxygen atoms in total. The molecule has 5 aliphatic carbocycles. The van der Waals surface area contributed by atoms with Gasteiger partial charge in [0.2, 0.25) is 0 Å². The maximum absolute atomic E-state index is 11.3. The number of aliphatic hydroxyl groups is 5. The van der Waals surface area contributed by atoms with Crippen molar-refractivity contribution in [2.45, 2.75) is 149 Å². The van der Waals surface area contributed by atoms with E-state index in [1.54, 1.807) is 0 Å². The summed E-state index contributed by atoms with van der Waals surface area (Å²) in [5, 5.41) is 56.5. The molecule has 5 rings (SSSR count). The van der Waals surface area contributed by atoms with Crippen LogP contribution in [0, 0.1) is 62.6 Å². The summed E-state index contributed by atoms with van der Waals surface area (Å²) in [6, 6.07) is 0.595. The fourth-order valence-electron chi connectivity index (χ4n) is 13.7. The Kier molecular flexibility index (Phi) is 9.07. The highest BCUT2D eigenvalue weighted by Crippen LogP contribution is 2.78. The second-order valence-electron chi connectivity index (χ2n) is 17.8. The van der Waals surface area contributed by atoms with Crippen LogP contribution in [0.2, 0.25) is 0 Å². The number of hydrogen-bond donors (Lipinski definition) is 7. The third-order valence-electron chi connectivity index (χ3n) is 16.3. The van der Waals surface area contributed by atoms with E-state index >= 15 is 0 Å². The summed E-state index contributed by atoms with van der Waals surface area (Å²) < 4.78 is 0. The van der Waals surface area contributed by atoms with Gasteiger partial charge in [-0.2, -0.15) is 0 Å². The predicted octanol–water partition coefficient (Wildman–Crippen LogP) is 4.08. The summed E-state index contributed by atoms with van der Waals surface area (Å²) in [5.74, 6) is 2.64. The van der Waals surface area contributed by atoms with Gasteiger partial charge in [-0.05, 0) is 134 Å². The molecule has 43 heavy (non-hydrogen) atoms. The lowest BCUT2D eigenvalue weighted by atomic mass is 9.31. The van der Waals surface area contributed by atoms with Gasteiger partial charge in [0.05, 0.1) is 12.2 Å². The first kappa shape index (κ1) is 34.1. The first-order valence-electron chi connectivity index (χ1n) is 17.7. The molecule has 0 saturated heterocycles. The molecule has 0 amide bonds. The van der Waals surface area contributed by atoms with E-state index in [0.717, 1.165) is 31.1 Å². The molecule has 0 aromatic heterocycles. The summed E-state index contributed by atoms with van der Waals surface area (Å²) >= 11 is 0. The second-order valence-corrected chi connectivity index (χ2v) is 17.8. The van der Waals surface area contributed by atoms with Crippen LogP contribution in [0.5, 0.6) is 0 Å². The molecule has 8 N–H and O–H groups in total. The number of rotatable bonds is 8. The molecule has 0 radical (unpaired) electrons. The van der Waals surface area contributed by atoms with Gasteiger partial charge in [-0.15, -0.1) is 0 Å². The van der Waals surface area contributed by atoms with Crippen molar-refractivity contribution in [1.29, 1.82) is 0 Å². The molecule has 0 aliphatic heterocycles. The van der Waals surface area contributed by atoms with Crippen molar-refractivity contribution < 1.29 is 25.5 Å². The van der Waals surface area contributed by atoms with Gasteiger partial charge in [0, 0.05) is 12.6 Å². The molecule has 0 heterocycles. The lowest BCUT2D eigenvalue weighted by Gasteiger charge is -2.73. The molecular formula is C36H66N2O5. The number of nitrogens with two attached hydrogens (primary N) is 1. The number of fused-ring (bicyclic) bond motifs is 7. The summed E-state index contributed by atoms with van der Waals surface area (Å²) in [6.07, 6.45) is 5.06. The van der Waals surface area contributed by atoms with Gasteiger partial charge in [0.15, 0.2) is 0 Å². The Hall–Kier alpha value is -0.280. The van der Waals surface area contributed by atoms with Crippen LogP contribution >= 0.6 is 0 Å². The average molecular weight is 607 g/mol. The van der Waals surface area contributed by atoms with Crippen LogP contribution in [0.15, 0.2) is 0 Å². The molecule has 0 aromatic rings. The number of aliphatic hydroxyl groups excluding tert-OH is 5. The van der Waals surface area contributed by atoms with E-state index < -0.39 is 30.5 Å². The highest BCUT2D eigenvalue weighted by atomic mass is 16.4. The predicted molar refractivity (Wildman–Crippen MR) is 171 cm³/mol. The van der Waals surface area contributed by atoms with Crippen molar-refractivity contribution in [2.75, 3.05) is 13.6 Å². The van der Waals surface area contributed by atoms with Gasteiger partial charge in [0.1, 0.15) is 18.3 Å². The summed E-state index contributed by atoms with van der Waals surface area (Å²) in [4.78, 5) is 0. The molecular weight excluding hydrogens is 540 g/mol. The van der Waals surface area contributed by atoms with E-state index in [4.69, 9.17) is 5.73 Å². The minimum atomic E-state index is -1.65. The molecule has 250 valence electrons.